The summed E-state index contributed by atoms with van der Waals surface area (Å²) in [5.74, 6) is -0.0790. The highest BCUT2D eigenvalue weighted by molar-refractivity contribution is 6.32. The number of benzene rings is 2. The maximum absolute atomic E-state index is 11.5. The van der Waals surface area contributed by atoms with E-state index in [-0.39, 0.29) is 0 Å². The molecule has 0 spiro atoms. The highest BCUT2D eigenvalue weighted by Gasteiger charge is 2.13. The third-order valence-electron chi connectivity index (χ3n) is 3.15. The van der Waals surface area contributed by atoms with Gasteiger partial charge in [-0.1, -0.05) is 11.6 Å². The van der Waals surface area contributed by atoms with E-state index in [9.17, 15) is 4.79 Å². The van der Waals surface area contributed by atoms with E-state index in [0.29, 0.717) is 38.7 Å². The zero-order valence-corrected chi connectivity index (χ0v) is 12.2. The summed E-state index contributed by atoms with van der Waals surface area (Å²) in [6, 6.07) is 11.8. The average Bonchev–Trinajstić information content (AvgIpc) is 2.97. The number of halogens is 1. The summed E-state index contributed by atoms with van der Waals surface area (Å²) in [5.41, 5.74) is 2.51. The van der Waals surface area contributed by atoms with E-state index < -0.39 is 5.97 Å². The molecule has 22 heavy (non-hydrogen) atoms. The van der Waals surface area contributed by atoms with Gasteiger partial charge in [-0.05, 0) is 36.4 Å². The molecule has 0 aliphatic carbocycles. The van der Waals surface area contributed by atoms with E-state index in [1.807, 2.05) is 6.07 Å². The quantitative estimate of drug-likeness (QED) is 0.672. The first kappa shape index (κ1) is 14.1. The molecule has 1 heterocycles. The van der Waals surface area contributed by atoms with Gasteiger partial charge in [-0.15, -0.1) is 0 Å². The molecule has 1 aromatic heterocycles. The van der Waals surface area contributed by atoms with E-state index in [1.165, 1.54) is 7.11 Å². The van der Waals surface area contributed by atoms with Crippen molar-refractivity contribution in [2.75, 3.05) is 7.11 Å². The highest BCUT2D eigenvalue weighted by atomic mass is 35.5. The van der Waals surface area contributed by atoms with Crippen LogP contribution in [-0.2, 0) is 4.74 Å². The van der Waals surface area contributed by atoms with Crippen molar-refractivity contribution in [3.05, 3.63) is 52.5 Å². The predicted octanol–water partition coefficient (Wildman–Crippen LogP) is 3.81. The smallest absolute Gasteiger partial charge is 0.337 e. The van der Waals surface area contributed by atoms with Gasteiger partial charge in [-0.25, -0.2) is 9.78 Å². The topological polar surface area (TPSA) is 76.1 Å². The van der Waals surface area contributed by atoms with Crippen molar-refractivity contribution in [3.8, 4) is 17.5 Å². The Hall–Kier alpha value is -2.84. The zero-order valence-electron chi connectivity index (χ0n) is 11.5. The van der Waals surface area contributed by atoms with Crippen molar-refractivity contribution >= 4 is 28.7 Å². The van der Waals surface area contributed by atoms with Crippen LogP contribution in [0, 0.1) is 11.3 Å². The lowest BCUT2D eigenvalue weighted by molar-refractivity contribution is 0.0601. The molecule has 0 bridgehead atoms. The number of oxazole rings is 1. The van der Waals surface area contributed by atoms with Crippen LogP contribution >= 0.6 is 11.6 Å². The van der Waals surface area contributed by atoms with E-state index in [2.05, 4.69) is 9.72 Å². The van der Waals surface area contributed by atoms with Crippen LogP contribution in [0.15, 0.2) is 40.8 Å². The Morgan fingerprint density at radius 3 is 2.82 bits per heavy atom. The third-order valence-corrected chi connectivity index (χ3v) is 3.46. The van der Waals surface area contributed by atoms with Gasteiger partial charge in [0.15, 0.2) is 5.58 Å². The molecule has 0 atom stereocenters. The average molecular weight is 313 g/mol. The molecule has 3 rings (SSSR count). The summed E-state index contributed by atoms with van der Waals surface area (Å²) in [4.78, 5) is 15.9. The molecule has 0 aliphatic rings. The summed E-state index contributed by atoms with van der Waals surface area (Å²) >= 11 is 6.01. The maximum atomic E-state index is 11.5. The molecule has 3 aromatic rings. The standard InChI is InChI=1S/C16H9ClN2O3/c1-21-16(20)10-4-5-13-14(7-10)22-15(19-13)9-2-3-11(8-18)12(17)6-9/h2-7H,1H3. The number of aromatic nitrogens is 1. The van der Waals surface area contributed by atoms with Gasteiger partial charge in [-0.2, -0.15) is 5.26 Å². The van der Waals surface area contributed by atoms with Crippen LogP contribution in [0.3, 0.4) is 0 Å². The molecule has 0 unspecified atom stereocenters. The van der Waals surface area contributed by atoms with Crippen molar-refractivity contribution in [3.63, 3.8) is 0 Å². The second-order valence-corrected chi connectivity index (χ2v) is 4.91. The van der Waals surface area contributed by atoms with Crippen molar-refractivity contribution < 1.29 is 13.9 Å². The van der Waals surface area contributed by atoms with Gasteiger partial charge in [0, 0.05) is 5.56 Å². The van der Waals surface area contributed by atoms with E-state index >= 15 is 0 Å². The Kier molecular flexibility index (Phi) is 3.53. The monoisotopic (exact) mass is 312 g/mol. The minimum atomic E-state index is -0.443. The second kappa shape index (κ2) is 5.51. The number of hydrogen-bond acceptors (Lipinski definition) is 5. The molecule has 0 fully saturated rings. The van der Waals surface area contributed by atoms with Crippen LogP contribution in [-0.4, -0.2) is 18.1 Å². The normalized spacial score (nSPS) is 10.4. The summed E-state index contributed by atoms with van der Waals surface area (Å²) in [5, 5.41) is 9.21. The molecule has 0 aliphatic heterocycles. The Morgan fingerprint density at radius 1 is 1.32 bits per heavy atom. The van der Waals surface area contributed by atoms with E-state index in [0.717, 1.165) is 0 Å². The Labute approximate surface area is 130 Å². The molecule has 108 valence electrons. The summed E-state index contributed by atoms with van der Waals surface area (Å²) < 4.78 is 10.3. The number of esters is 1. The number of methoxy groups -OCH3 is 1. The minimum absolute atomic E-state index is 0.331. The van der Waals surface area contributed by atoms with Gasteiger partial charge in [0.2, 0.25) is 5.89 Å². The third kappa shape index (κ3) is 2.41. The number of fused-ring (bicyclic) bond motifs is 1. The molecule has 0 saturated heterocycles. The van der Waals surface area contributed by atoms with Crippen LogP contribution in [0.2, 0.25) is 5.02 Å². The Morgan fingerprint density at radius 2 is 2.14 bits per heavy atom. The molecule has 0 amide bonds. The summed E-state index contributed by atoms with van der Waals surface area (Å²) in [6.45, 7) is 0. The van der Waals surface area contributed by atoms with Crippen LogP contribution in [0.25, 0.3) is 22.6 Å². The number of carbonyl (C=O) groups excluding carboxylic acids is 1. The van der Waals surface area contributed by atoms with Gasteiger partial charge in [0.25, 0.3) is 0 Å². The lowest BCUT2D eigenvalue weighted by Gasteiger charge is -1.98. The first-order valence-electron chi connectivity index (χ1n) is 6.31. The number of nitriles is 1. The fourth-order valence-corrected chi connectivity index (χ4v) is 2.25. The number of carbonyl (C=O) groups is 1. The molecule has 6 heteroatoms. The minimum Gasteiger partial charge on any atom is -0.465 e. The van der Waals surface area contributed by atoms with Crippen LogP contribution in [0.1, 0.15) is 15.9 Å². The molecule has 2 aromatic carbocycles. The SMILES string of the molecule is COC(=O)c1ccc2nc(-c3ccc(C#N)c(Cl)c3)oc2c1. The molecule has 0 N–H and O–H groups in total. The first-order chi connectivity index (χ1) is 10.6. The first-order valence-corrected chi connectivity index (χ1v) is 6.69. The van der Waals surface area contributed by atoms with Crippen LogP contribution in [0.4, 0.5) is 0 Å². The molecular formula is C16H9ClN2O3. The largest absolute Gasteiger partial charge is 0.465 e. The summed E-state index contributed by atoms with van der Waals surface area (Å²) in [7, 11) is 1.32. The molecular weight excluding hydrogens is 304 g/mol. The Bertz CT molecular complexity index is 925. The number of ether oxygens (including phenoxy) is 1. The summed E-state index contributed by atoms with van der Waals surface area (Å²) in [6.07, 6.45) is 0. The highest BCUT2D eigenvalue weighted by Crippen LogP contribution is 2.28. The van der Waals surface area contributed by atoms with Crippen LogP contribution < -0.4 is 0 Å². The van der Waals surface area contributed by atoms with E-state index in [4.69, 9.17) is 21.3 Å². The van der Waals surface area contributed by atoms with Gasteiger partial charge in [0.1, 0.15) is 11.6 Å². The van der Waals surface area contributed by atoms with Crippen molar-refractivity contribution in [1.82, 2.24) is 4.98 Å². The van der Waals surface area contributed by atoms with Gasteiger partial charge in [-0.3, -0.25) is 0 Å². The van der Waals surface area contributed by atoms with Crippen LogP contribution in [0.5, 0.6) is 0 Å². The fraction of sp³-hybridized carbons (Fsp3) is 0.0625. The zero-order chi connectivity index (χ0) is 15.7. The molecule has 0 radical (unpaired) electrons. The van der Waals surface area contributed by atoms with Crippen molar-refractivity contribution in [2.45, 2.75) is 0 Å². The molecule has 0 saturated carbocycles. The Balaban J connectivity index is 2.07. The van der Waals surface area contributed by atoms with Gasteiger partial charge >= 0.3 is 5.97 Å². The number of rotatable bonds is 2. The lowest BCUT2D eigenvalue weighted by atomic mass is 10.1. The molecule has 5 nitrogen and oxygen atoms in total. The van der Waals surface area contributed by atoms with E-state index in [1.54, 1.807) is 36.4 Å². The van der Waals surface area contributed by atoms with Crippen molar-refractivity contribution in [2.24, 2.45) is 0 Å². The predicted molar refractivity (Wildman–Crippen MR) is 80.5 cm³/mol. The van der Waals surface area contributed by atoms with Gasteiger partial charge < -0.3 is 9.15 Å². The maximum Gasteiger partial charge on any atom is 0.337 e. The fourth-order valence-electron chi connectivity index (χ4n) is 2.03. The van der Waals surface area contributed by atoms with Crippen molar-refractivity contribution in [1.29, 1.82) is 5.26 Å². The van der Waals surface area contributed by atoms with Gasteiger partial charge in [0.05, 0.1) is 23.3 Å². The lowest BCUT2D eigenvalue weighted by Crippen LogP contribution is -2.00. The number of nitrogens with zero attached hydrogens (tertiary/aromatic N) is 2. The number of hydrogen-bond donors (Lipinski definition) is 0. The second-order valence-electron chi connectivity index (χ2n) is 4.50.